The maximum atomic E-state index is 12.2. The molecule has 116 valence electrons. The van der Waals surface area contributed by atoms with Crippen LogP contribution in [-0.4, -0.2) is 47.6 Å². The van der Waals surface area contributed by atoms with E-state index in [1.54, 1.807) is 39.2 Å². The van der Waals surface area contributed by atoms with Crippen molar-refractivity contribution < 1.29 is 14.6 Å². The van der Waals surface area contributed by atoms with Gasteiger partial charge in [-0.25, -0.2) is 9.80 Å². The maximum Gasteiger partial charge on any atom is 0.344 e. The van der Waals surface area contributed by atoms with Crippen LogP contribution in [0.25, 0.3) is 5.76 Å². The van der Waals surface area contributed by atoms with Crippen LogP contribution in [0.5, 0.6) is 0 Å². The minimum Gasteiger partial charge on any atom is -0.506 e. The van der Waals surface area contributed by atoms with Gasteiger partial charge < -0.3 is 15.2 Å². The number of benzene rings is 1. The lowest BCUT2D eigenvalue weighted by Crippen LogP contribution is -2.32. The molecule has 0 aliphatic heterocycles. The SMILES string of the molecule is CCOC(=O)C1=C(O)c2ccccc2/C1=N/N(C)C(=S)NC. The van der Waals surface area contributed by atoms with Crippen LogP contribution in [0.15, 0.2) is 34.9 Å². The summed E-state index contributed by atoms with van der Waals surface area (Å²) in [4.78, 5) is 12.2. The summed E-state index contributed by atoms with van der Waals surface area (Å²) in [7, 11) is 3.34. The van der Waals surface area contributed by atoms with Gasteiger partial charge in [0.05, 0.1) is 6.61 Å². The van der Waals surface area contributed by atoms with E-state index in [0.29, 0.717) is 22.0 Å². The van der Waals surface area contributed by atoms with Gasteiger partial charge in [0.2, 0.25) is 0 Å². The van der Waals surface area contributed by atoms with Gasteiger partial charge in [-0.15, -0.1) is 0 Å². The predicted molar refractivity (Wildman–Crippen MR) is 88.6 cm³/mol. The fraction of sp³-hybridized carbons (Fsp3) is 0.267. The molecule has 1 aliphatic rings. The second-order valence-electron chi connectivity index (χ2n) is 4.52. The van der Waals surface area contributed by atoms with Crippen LogP contribution in [0, 0.1) is 0 Å². The quantitative estimate of drug-likeness (QED) is 0.501. The van der Waals surface area contributed by atoms with Gasteiger partial charge in [-0.05, 0) is 19.1 Å². The summed E-state index contributed by atoms with van der Waals surface area (Å²) in [5, 5.41) is 19.3. The molecule has 0 amide bonds. The highest BCUT2D eigenvalue weighted by atomic mass is 32.1. The van der Waals surface area contributed by atoms with E-state index in [4.69, 9.17) is 17.0 Å². The largest absolute Gasteiger partial charge is 0.506 e. The van der Waals surface area contributed by atoms with Crippen molar-refractivity contribution in [2.45, 2.75) is 6.92 Å². The molecule has 2 rings (SSSR count). The van der Waals surface area contributed by atoms with Crippen molar-refractivity contribution in [2.24, 2.45) is 5.10 Å². The highest BCUT2D eigenvalue weighted by Gasteiger charge is 2.34. The van der Waals surface area contributed by atoms with Crippen molar-refractivity contribution in [3.8, 4) is 0 Å². The van der Waals surface area contributed by atoms with E-state index in [9.17, 15) is 9.90 Å². The molecule has 7 heteroatoms. The van der Waals surface area contributed by atoms with Crippen molar-refractivity contribution in [3.63, 3.8) is 0 Å². The number of carbonyl (C=O) groups excluding carboxylic acids is 1. The Labute approximate surface area is 134 Å². The van der Waals surface area contributed by atoms with Gasteiger partial charge in [-0.1, -0.05) is 24.3 Å². The zero-order valence-corrected chi connectivity index (χ0v) is 13.4. The minimum absolute atomic E-state index is 0.0498. The van der Waals surface area contributed by atoms with Crippen LogP contribution in [0.3, 0.4) is 0 Å². The van der Waals surface area contributed by atoms with Gasteiger partial charge in [0.25, 0.3) is 0 Å². The van der Waals surface area contributed by atoms with Gasteiger partial charge in [0, 0.05) is 25.2 Å². The van der Waals surface area contributed by atoms with Crippen LogP contribution in [0.2, 0.25) is 0 Å². The molecule has 0 atom stereocenters. The first-order chi connectivity index (χ1) is 10.5. The molecule has 0 saturated carbocycles. The lowest BCUT2D eigenvalue weighted by Gasteiger charge is -2.15. The average Bonchev–Trinajstić information content (AvgIpc) is 2.80. The van der Waals surface area contributed by atoms with E-state index in [0.717, 1.165) is 0 Å². The number of thiocarbonyl (C=S) groups is 1. The van der Waals surface area contributed by atoms with Gasteiger partial charge >= 0.3 is 5.97 Å². The fourth-order valence-corrected chi connectivity index (χ4v) is 2.18. The molecule has 0 fully saturated rings. The van der Waals surface area contributed by atoms with Gasteiger partial charge in [-0.3, -0.25) is 0 Å². The van der Waals surface area contributed by atoms with Gasteiger partial charge in [0.1, 0.15) is 17.0 Å². The summed E-state index contributed by atoms with van der Waals surface area (Å²) in [6, 6.07) is 7.10. The third-order valence-electron chi connectivity index (χ3n) is 3.15. The first-order valence-electron chi connectivity index (χ1n) is 6.75. The smallest absolute Gasteiger partial charge is 0.344 e. The lowest BCUT2D eigenvalue weighted by atomic mass is 10.1. The third-order valence-corrected chi connectivity index (χ3v) is 3.62. The minimum atomic E-state index is -0.612. The Balaban J connectivity index is 2.55. The monoisotopic (exact) mass is 319 g/mol. The number of hydrogen-bond acceptors (Lipinski definition) is 5. The Morgan fingerprint density at radius 1 is 1.41 bits per heavy atom. The van der Waals surface area contributed by atoms with Crippen molar-refractivity contribution >= 4 is 34.8 Å². The van der Waals surface area contributed by atoms with Crippen LogP contribution < -0.4 is 5.32 Å². The highest BCUT2D eigenvalue weighted by molar-refractivity contribution is 7.80. The molecular formula is C15H17N3O3S. The number of nitrogens with one attached hydrogen (secondary N) is 1. The summed E-state index contributed by atoms with van der Waals surface area (Å²) >= 11 is 5.11. The molecule has 1 aliphatic carbocycles. The number of aliphatic hydroxyl groups excluding tert-OH is 1. The Morgan fingerprint density at radius 3 is 2.64 bits per heavy atom. The molecule has 1 aromatic carbocycles. The van der Waals surface area contributed by atoms with E-state index in [1.807, 2.05) is 6.07 Å². The van der Waals surface area contributed by atoms with Crippen molar-refractivity contribution in [2.75, 3.05) is 20.7 Å². The molecule has 0 heterocycles. The Kier molecular flexibility index (Phi) is 4.77. The molecule has 0 bridgehead atoms. The second-order valence-corrected chi connectivity index (χ2v) is 4.90. The molecule has 22 heavy (non-hydrogen) atoms. The summed E-state index contributed by atoms with van der Waals surface area (Å²) in [5.74, 6) is -0.740. The zero-order valence-electron chi connectivity index (χ0n) is 12.6. The summed E-state index contributed by atoms with van der Waals surface area (Å²) < 4.78 is 5.02. The summed E-state index contributed by atoms with van der Waals surface area (Å²) in [6.45, 7) is 1.92. The predicted octanol–water partition coefficient (Wildman–Crippen LogP) is 1.67. The molecule has 0 saturated heterocycles. The number of hydrazone groups is 1. The molecular weight excluding hydrogens is 302 g/mol. The Bertz CT molecular complexity index is 682. The lowest BCUT2D eigenvalue weighted by molar-refractivity contribution is -0.137. The van der Waals surface area contributed by atoms with E-state index >= 15 is 0 Å². The van der Waals surface area contributed by atoms with Crippen LogP contribution in [0.1, 0.15) is 18.1 Å². The number of aliphatic hydroxyl groups is 1. The Morgan fingerprint density at radius 2 is 2.05 bits per heavy atom. The normalized spacial score (nSPS) is 14.8. The number of nitrogens with zero attached hydrogens (tertiary/aromatic N) is 2. The van der Waals surface area contributed by atoms with Crippen molar-refractivity contribution in [3.05, 3.63) is 41.0 Å². The summed E-state index contributed by atoms with van der Waals surface area (Å²) in [5.41, 5.74) is 1.60. The van der Waals surface area contributed by atoms with Crippen molar-refractivity contribution in [1.29, 1.82) is 0 Å². The van der Waals surface area contributed by atoms with Crippen LogP contribution in [-0.2, 0) is 9.53 Å². The van der Waals surface area contributed by atoms with E-state index in [1.165, 1.54) is 5.01 Å². The standard InChI is InChI=1S/C15H17N3O3S/c1-4-21-14(20)11-12(17-18(3)15(22)16-2)9-7-5-6-8-10(9)13(11)19/h5-8,19H,4H2,1-3H3,(H,16,22)/b17-12-. The molecule has 1 aromatic rings. The van der Waals surface area contributed by atoms with E-state index < -0.39 is 5.97 Å². The number of rotatable bonds is 3. The third kappa shape index (κ3) is 2.80. The number of esters is 1. The number of carbonyl (C=O) groups is 1. The average molecular weight is 319 g/mol. The molecule has 0 radical (unpaired) electrons. The Hall–Kier alpha value is -2.41. The summed E-state index contributed by atoms with van der Waals surface area (Å²) in [6.07, 6.45) is 0. The van der Waals surface area contributed by atoms with Crippen LogP contribution >= 0.6 is 12.2 Å². The first kappa shape index (κ1) is 16.0. The molecule has 0 unspecified atom stereocenters. The first-order valence-corrected chi connectivity index (χ1v) is 7.16. The topological polar surface area (TPSA) is 74.2 Å². The van der Waals surface area contributed by atoms with Crippen LogP contribution in [0.4, 0.5) is 0 Å². The molecule has 6 nitrogen and oxygen atoms in total. The maximum absolute atomic E-state index is 12.2. The number of ether oxygens (including phenoxy) is 1. The molecule has 0 spiro atoms. The van der Waals surface area contributed by atoms with E-state index in [2.05, 4.69) is 10.4 Å². The molecule has 2 N–H and O–H groups in total. The second kappa shape index (κ2) is 6.57. The van der Waals surface area contributed by atoms with E-state index in [-0.39, 0.29) is 17.9 Å². The molecule has 0 aromatic heterocycles. The number of fused-ring (bicyclic) bond motifs is 1. The van der Waals surface area contributed by atoms with Gasteiger partial charge in [-0.2, -0.15) is 5.10 Å². The van der Waals surface area contributed by atoms with Gasteiger partial charge in [0.15, 0.2) is 5.11 Å². The van der Waals surface area contributed by atoms with Crippen molar-refractivity contribution in [1.82, 2.24) is 10.3 Å². The zero-order chi connectivity index (χ0) is 16.3. The number of hydrogen-bond donors (Lipinski definition) is 2. The highest BCUT2D eigenvalue weighted by Crippen LogP contribution is 2.32. The fourth-order valence-electron chi connectivity index (χ4n) is 2.14.